The third-order valence-electron chi connectivity index (χ3n) is 3.46. The molecule has 0 saturated heterocycles. The van der Waals surface area contributed by atoms with E-state index in [0.717, 1.165) is 5.56 Å². The zero-order valence-corrected chi connectivity index (χ0v) is 14.7. The Morgan fingerprint density at radius 3 is 2.65 bits per heavy atom. The van der Waals surface area contributed by atoms with Crippen LogP contribution < -0.4 is 14.8 Å². The zero-order chi connectivity index (χ0) is 19.1. The number of carbonyl (C=O) groups is 1. The van der Waals surface area contributed by atoms with E-state index in [4.69, 9.17) is 9.47 Å². The Kier molecular flexibility index (Phi) is 6.32. The average Bonchev–Trinajstić information content (AvgIpc) is 2.62. The smallest absolute Gasteiger partial charge is 0.293 e. The second kappa shape index (κ2) is 8.66. The van der Waals surface area contributed by atoms with E-state index in [2.05, 4.69) is 11.9 Å². The van der Waals surface area contributed by atoms with Gasteiger partial charge in [0.25, 0.3) is 11.6 Å². The number of ether oxygens (including phenoxy) is 2. The van der Waals surface area contributed by atoms with Gasteiger partial charge in [-0.1, -0.05) is 18.7 Å². The van der Waals surface area contributed by atoms with E-state index in [1.165, 1.54) is 18.2 Å². The van der Waals surface area contributed by atoms with Crippen LogP contribution in [0.5, 0.6) is 11.5 Å². The Hall–Kier alpha value is -3.35. The monoisotopic (exact) mass is 356 g/mol. The van der Waals surface area contributed by atoms with E-state index < -0.39 is 10.8 Å². The van der Waals surface area contributed by atoms with Crippen LogP contribution in [0.4, 0.5) is 11.4 Å². The van der Waals surface area contributed by atoms with Gasteiger partial charge < -0.3 is 14.8 Å². The molecule has 0 aliphatic heterocycles. The second-order valence-corrected chi connectivity index (χ2v) is 5.43. The molecule has 0 aliphatic rings. The first-order chi connectivity index (χ1) is 12.5. The Labute approximate surface area is 151 Å². The number of hydrogen-bond donors (Lipinski definition) is 1. The van der Waals surface area contributed by atoms with Crippen LogP contribution in [0.2, 0.25) is 0 Å². The average molecular weight is 356 g/mol. The fraction of sp³-hybridized carbons (Fsp3) is 0.211. The van der Waals surface area contributed by atoms with Gasteiger partial charge in [0.05, 0.1) is 11.5 Å². The van der Waals surface area contributed by atoms with Crippen molar-refractivity contribution in [2.45, 2.75) is 13.8 Å². The van der Waals surface area contributed by atoms with Crippen LogP contribution in [0.15, 0.2) is 49.1 Å². The Morgan fingerprint density at radius 1 is 1.23 bits per heavy atom. The van der Waals surface area contributed by atoms with E-state index in [1.54, 1.807) is 31.2 Å². The van der Waals surface area contributed by atoms with Crippen molar-refractivity contribution >= 4 is 17.3 Å². The molecule has 0 aliphatic carbocycles. The summed E-state index contributed by atoms with van der Waals surface area (Å²) in [5, 5.41) is 13.8. The summed E-state index contributed by atoms with van der Waals surface area (Å²) in [4.78, 5) is 23.2. The quantitative estimate of drug-likeness (QED) is 0.436. The van der Waals surface area contributed by atoms with Crippen LogP contribution in [0.25, 0.3) is 0 Å². The van der Waals surface area contributed by atoms with Gasteiger partial charge in [-0.15, -0.1) is 0 Å². The fourth-order valence-corrected chi connectivity index (χ4v) is 2.28. The number of carbonyl (C=O) groups excluding carboxylic acids is 1. The van der Waals surface area contributed by atoms with Crippen LogP contribution >= 0.6 is 0 Å². The second-order valence-electron chi connectivity index (χ2n) is 5.43. The van der Waals surface area contributed by atoms with Crippen molar-refractivity contribution in [3.8, 4) is 11.5 Å². The zero-order valence-electron chi connectivity index (χ0n) is 14.7. The molecule has 0 unspecified atom stereocenters. The summed E-state index contributed by atoms with van der Waals surface area (Å²) in [6.07, 6.45) is 1.60. The third kappa shape index (κ3) is 4.60. The largest absolute Gasteiger partial charge is 0.490 e. The maximum Gasteiger partial charge on any atom is 0.293 e. The molecule has 0 atom stereocenters. The highest BCUT2D eigenvalue weighted by atomic mass is 16.6. The summed E-state index contributed by atoms with van der Waals surface area (Å²) in [6.45, 7) is 7.86. The molecule has 2 aromatic rings. The molecular weight excluding hydrogens is 336 g/mol. The summed E-state index contributed by atoms with van der Waals surface area (Å²) in [6, 6.07) is 9.34. The Bertz CT molecular complexity index is 833. The number of benzene rings is 2. The van der Waals surface area contributed by atoms with Gasteiger partial charge in [0.15, 0.2) is 11.5 Å². The summed E-state index contributed by atoms with van der Waals surface area (Å²) in [5.74, 6) is 0.429. The third-order valence-corrected chi connectivity index (χ3v) is 3.46. The van der Waals surface area contributed by atoms with Gasteiger partial charge >= 0.3 is 0 Å². The predicted molar refractivity (Wildman–Crippen MR) is 99.1 cm³/mol. The molecule has 0 bridgehead atoms. The molecule has 2 rings (SSSR count). The van der Waals surface area contributed by atoms with Crippen molar-refractivity contribution in [3.63, 3.8) is 0 Å². The molecule has 2 aromatic carbocycles. The van der Waals surface area contributed by atoms with Crippen molar-refractivity contribution in [1.29, 1.82) is 0 Å². The first-order valence-electron chi connectivity index (χ1n) is 8.03. The molecule has 0 radical (unpaired) electrons. The first kappa shape index (κ1) is 19.0. The van der Waals surface area contributed by atoms with E-state index in [9.17, 15) is 14.9 Å². The minimum atomic E-state index is -0.527. The maximum atomic E-state index is 12.5. The molecule has 7 nitrogen and oxygen atoms in total. The predicted octanol–water partition coefficient (Wildman–Crippen LogP) is 4.12. The summed E-state index contributed by atoms with van der Waals surface area (Å²) in [7, 11) is 0. The van der Waals surface area contributed by atoms with E-state index in [-0.39, 0.29) is 11.4 Å². The van der Waals surface area contributed by atoms with E-state index in [1.807, 2.05) is 6.92 Å². The summed E-state index contributed by atoms with van der Waals surface area (Å²) in [5.41, 5.74) is 1.01. The number of nitro groups is 1. The van der Waals surface area contributed by atoms with Gasteiger partial charge in [-0.25, -0.2) is 0 Å². The van der Waals surface area contributed by atoms with Crippen LogP contribution in [0.3, 0.4) is 0 Å². The molecule has 0 aromatic heterocycles. The molecule has 0 spiro atoms. The SMILES string of the molecule is C=CCOc1ccc(C(=O)Nc2ccc(C)cc2[N+](=O)[O-])cc1OCC. The molecule has 26 heavy (non-hydrogen) atoms. The van der Waals surface area contributed by atoms with Crippen LogP contribution in [-0.4, -0.2) is 24.0 Å². The lowest BCUT2D eigenvalue weighted by molar-refractivity contribution is -0.384. The molecule has 1 amide bonds. The van der Waals surface area contributed by atoms with Gasteiger partial charge in [0.1, 0.15) is 12.3 Å². The number of rotatable bonds is 8. The number of nitrogens with zero attached hydrogens (tertiary/aromatic N) is 1. The van der Waals surface area contributed by atoms with Crippen molar-refractivity contribution in [1.82, 2.24) is 0 Å². The van der Waals surface area contributed by atoms with Gasteiger partial charge in [0.2, 0.25) is 0 Å². The Balaban J connectivity index is 2.28. The molecule has 0 fully saturated rings. The van der Waals surface area contributed by atoms with E-state index in [0.29, 0.717) is 30.3 Å². The highest BCUT2D eigenvalue weighted by Crippen LogP contribution is 2.30. The lowest BCUT2D eigenvalue weighted by Gasteiger charge is -2.13. The summed E-state index contributed by atoms with van der Waals surface area (Å²) < 4.78 is 11.0. The minimum Gasteiger partial charge on any atom is -0.490 e. The Morgan fingerprint density at radius 2 is 2.00 bits per heavy atom. The number of nitrogens with one attached hydrogen (secondary N) is 1. The highest BCUT2D eigenvalue weighted by molar-refractivity contribution is 6.05. The van der Waals surface area contributed by atoms with Gasteiger partial charge in [-0.3, -0.25) is 14.9 Å². The number of nitro benzene ring substituents is 1. The lowest BCUT2D eigenvalue weighted by atomic mass is 10.1. The fourth-order valence-electron chi connectivity index (χ4n) is 2.28. The van der Waals surface area contributed by atoms with Crippen LogP contribution in [0, 0.1) is 17.0 Å². The summed E-state index contributed by atoms with van der Waals surface area (Å²) >= 11 is 0. The minimum absolute atomic E-state index is 0.135. The van der Waals surface area contributed by atoms with Crippen molar-refractivity contribution in [2.24, 2.45) is 0 Å². The number of amides is 1. The van der Waals surface area contributed by atoms with Crippen molar-refractivity contribution in [3.05, 3.63) is 70.3 Å². The lowest BCUT2D eigenvalue weighted by Crippen LogP contribution is -2.13. The molecule has 1 N–H and O–H groups in total. The van der Waals surface area contributed by atoms with Gasteiger partial charge in [-0.05, 0) is 43.7 Å². The first-order valence-corrected chi connectivity index (χ1v) is 8.03. The van der Waals surface area contributed by atoms with Crippen molar-refractivity contribution in [2.75, 3.05) is 18.5 Å². The van der Waals surface area contributed by atoms with Crippen LogP contribution in [0.1, 0.15) is 22.8 Å². The van der Waals surface area contributed by atoms with Gasteiger partial charge in [-0.2, -0.15) is 0 Å². The molecule has 136 valence electrons. The molecular formula is C19H20N2O5. The number of anilines is 1. The van der Waals surface area contributed by atoms with Crippen LogP contribution in [-0.2, 0) is 0 Å². The highest BCUT2D eigenvalue weighted by Gasteiger charge is 2.18. The normalized spacial score (nSPS) is 10.1. The standard InChI is InChI=1S/C19H20N2O5/c1-4-10-26-17-9-7-14(12-18(17)25-5-2)19(22)20-15-8-6-13(3)11-16(15)21(23)24/h4,6-9,11-12H,1,5,10H2,2-3H3,(H,20,22). The molecule has 0 saturated carbocycles. The topological polar surface area (TPSA) is 90.7 Å². The number of hydrogen-bond acceptors (Lipinski definition) is 5. The van der Waals surface area contributed by atoms with Gasteiger partial charge in [0, 0.05) is 11.6 Å². The maximum absolute atomic E-state index is 12.5. The van der Waals surface area contributed by atoms with Crippen molar-refractivity contribution < 1.29 is 19.2 Å². The molecule has 7 heteroatoms. The van der Waals surface area contributed by atoms with E-state index >= 15 is 0 Å². The molecule has 0 heterocycles. The number of aryl methyl sites for hydroxylation is 1.